The molecule has 2 aromatic carbocycles. The molecule has 0 aliphatic carbocycles. The van der Waals surface area contributed by atoms with Gasteiger partial charge >= 0.3 is 0 Å². The Morgan fingerprint density at radius 3 is 2.90 bits per heavy atom. The molecule has 3 aliphatic rings. The van der Waals surface area contributed by atoms with Gasteiger partial charge in [0, 0.05) is 29.4 Å². The third-order valence-corrected chi connectivity index (χ3v) is 6.74. The highest BCUT2D eigenvalue weighted by molar-refractivity contribution is 6.09. The Bertz CT molecular complexity index is 975. The monoisotopic (exact) mass is 391 g/mol. The number of carbonyl (C=O) groups excluding carboxylic acids is 2. The number of ether oxygens (including phenoxy) is 1. The summed E-state index contributed by atoms with van der Waals surface area (Å²) in [5.74, 6) is 0.197. The predicted octanol–water partition coefficient (Wildman–Crippen LogP) is 2.64. The minimum atomic E-state index is -0.900. The maximum atomic E-state index is 13.4. The number of fused-ring (bicyclic) bond motifs is 4. The number of nitrogens with one attached hydrogen (secondary N) is 2. The SMILES string of the molecule is COc1ccccc1CNC(=O)[C@H]1C[C@H]2CCCN2[C@]12C(=O)Nc1ccccc12. The van der Waals surface area contributed by atoms with E-state index in [1.165, 1.54) is 0 Å². The number of rotatable bonds is 4. The summed E-state index contributed by atoms with van der Waals surface area (Å²) in [6, 6.07) is 15.7. The summed E-state index contributed by atoms with van der Waals surface area (Å²) in [5.41, 5.74) is 1.79. The molecule has 0 aromatic heterocycles. The zero-order valence-electron chi connectivity index (χ0n) is 16.5. The Morgan fingerprint density at radius 2 is 2.03 bits per heavy atom. The second-order valence-electron chi connectivity index (χ2n) is 8.07. The number of nitrogens with zero attached hydrogens (tertiary/aromatic N) is 1. The first-order valence-corrected chi connectivity index (χ1v) is 10.2. The topological polar surface area (TPSA) is 70.7 Å². The van der Waals surface area contributed by atoms with Gasteiger partial charge in [-0.2, -0.15) is 0 Å². The van der Waals surface area contributed by atoms with E-state index in [0.29, 0.717) is 13.0 Å². The number of methoxy groups -OCH3 is 1. The zero-order valence-corrected chi connectivity index (χ0v) is 16.5. The van der Waals surface area contributed by atoms with E-state index in [1.54, 1.807) is 7.11 Å². The van der Waals surface area contributed by atoms with E-state index in [2.05, 4.69) is 15.5 Å². The van der Waals surface area contributed by atoms with Crippen LogP contribution in [0.15, 0.2) is 48.5 Å². The van der Waals surface area contributed by atoms with Crippen molar-refractivity contribution in [1.29, 1.82) is 0 Å². The van der Waals surface area contributed by atoms with Crippen LogP contribution in [0, 0.1) is 5.92 Å². The molecule has 0 unspecified atom stereocenters. The van der Waals surface area contributed by atoms with E-state index >= 15 is 0 Å². The summed E-state index contributed by atoms with van der Waals surface area (Å²) in [5, 5.41) is 6.12. The number of benzene rings is 2. The molecule has 3 atom stereocenters. The van der Waals surface area contributed by atoms with E-state index in [1.807, 2.05) is 48.5 Å². The molecule has 5 rings (SSSR count). The van der Waals surface area contributed by atoms with E-state index in [0.717, 1.165) is 42.0 Å². The molecule has 3 aliphatic heterocycles. The molecular formula is C23H25N3O3. The lowest BCUT2D eigenvalue weighted by Gasteiger charge is -2.36. The molecule has 6 nitrogen and oxygen atoms in total. The van der Waals surface area contributed by atoms with Crippen molar-refractivity contribution in [2.45, 2.75) is 37.4 Å². The normalized spacial score (nSPS) is 27.6. The van der Waals surface area contributed by atoms with Crippen LogP contribution < -0.4 is 15.4 Å². The lowest BCUT2D eigenvalue weighted by Crippen LogP contribution is -2.54. The Morgan fingerprint density at radius 1 is 1.24 bits per heavy atom. The summed E-state index contributed by atoms with van der Waals surface area (Å²) < 4.78 is 5.40. The molecule has 2 amide bonds. The van der Waals surface area contributed by atoms with E-state index in [-0.39, 0.29) is 17.9 Å². The van der Waals surface area contributed by atoms with Crippen LogP contribution in [0.3, 0.4) is 0 Å². The molecule has 2 fully saturated rings. The molecular weight excluding hydrogens is 366 g/mol. The number of hydrogen-bond acceptors (Lipinski definition) is 4. The second kappa shape index (κ2) is 6.88. The Kier molecular flexibility index (Phi) is 4.32. The quantitative estimate of drug-likeness (QED) is 0.841. The first kappa shape index (κ1) is 18.2. The third kappa shape index (κ3) is 2.59. The van der Waals surface area contributed by atoms with Crippen molar-refractivity contribution in [3.8, 4) is 5.75 Å². The fourth-order valence-corrected chi connectivity index (χ4v) is 5.53. The molecule has 2 aromatic rings. The molecule has 0 bridgehead atoms. The van der Waals surface area contributed by atoms with E-state index in [4.69, 9.17) is 4.74 Å². The maximum absolute atomic E-state index is 13.4. The highest BCUT2D eigenvalue weighted by Gasteiger charge is 2.65. The highest BCUT2D eigenvalue weighted by atomic mass is 16.5. The average Bonchev–Trinajstić information content (AvgIpc) is 3.41. The molecule has 0 saturated carbocycles. The second-order valence-corrected chi connectivity index (χ2v) is 8.07. The van der Waals surface area contributed by atoms with Crippen molar-refractivity contribution in [2.24, 2.45) is 5.92 Å². The van der Waals surface area contributed by atoms with Crippen molar-refractivity contribution >= 4 is 17.5 Å². The van der Waals surface area contributed by atoms with Crippen LogP contribution in [-0.2, 0) is 21.7 Å². The van der Waals surface area contributed by atoms with Gasteiger partial charge in [0.15, 0.2) is 0 Å². The van der Waals surface area contributed by atoms with E-state index in [9.17, 15) is 9.59 Å². The van der Waals surface area contributed by atoms with Gasteiger partial charge in [-0.05, 0) is 37.9 Å². The fourth-order valence-electron chi connectivity index (χ4n) is 5.53. The van der Waals surface area contributed by atoms with Crippen LogP contribution >= 0.6 is 0 Å². The third-order valence-electron chi connectivity index (χ3n) is 6.74. The van der Waals surface area contributed by atoms with Crippen LogP contribution in [0.2, 0.25) is 0 Å². The van der Waals surface area contributed by atoms with Crippen LogP contribution in [-0.4, -0.2) is 36.4 Å². The number of amides is 2. The smallest absolute Gasteiger partial charge is 0.250 e. The standard InChI is InChI=1S/C23H25N3O3/c1-29-20-11-5-2-7-15(20)14-24-21(27)18-13-16-8-6-12-26(16)23(18)17-9-3-4-10-19(17)25-22(23)28/h2-5,7,9-11,16,18H,6,8,12-14H2,1H3,(H,24,27)(H,25,28)/t16-,18-,23+/m1/s1. The van der Waals surface area contributed by atoms with Crippen molar-refractivity contribution in [1.82, 2.24) is 10.2 Å². The summed E-state index contributed by atoms with van der Waals surface area (Å²) in [6.45, 7) is 1.23. The Hall–Kier alpha value is -2.86. The van der Waals surface area contributed by atoms with Gasteiger partial charge < -0.3 is 15.4 Å². The summed E-state index contributed by atoms with van der Waals surface area (Å²) >= 11 is 0. The summed E-state index contributed by atoms with van der Waals surface area (Å²) in [6.07, 6.45) is 2.81. The molecule has 150 valence electrons. The number of carbonyl (C=O) groups is 2. The molecule has 1 spiro atoms. The van der Waals surface area contributed by atoms with Crippen LogP contribution in [0.5, 0.6) is 5.75 Å². The van der Waals surface area contributed by atoms with Gasteiger partial charge in [-0.25, -0.2) is 0 Å². The van der Waals surface area contributed by atoms with Gasteiger partial charge in [-0.15, -0.1) is 0 Å². The van der Waals surface area contributed by atoms with E-state index < -0.39 is 11.5 Å². The molecule has 29 heavy (non-hydrogen) atoms. The van der Waals surface area contributed by atoms with Gasteiger partial charge in [0.25, 0.3) is 0 Å². The fraction of sp³-hybridized carbons (Fsp3) is 0.391. The summed E-state index contributed by atoms with van der Waals surface area (Å²) in [4.78, 5) is 29.0. The lowest BCUT2D eigenvalue weighted by atomic mass is 9.78. The molecule has 3 heterocycles. The van der Waals surface area contributed by atoms with Crippen molar-refractivity contribution in [3.63, 3.8) is 0 Å². The van der Waals surface area contributed by atoms with Crippen molar-refractivity contribution < 1.29 is 14.3 Å². The number of hydrogen-bond donors (Lipinski definition) is 2. The minimum absolute atomic E-state index is 0.0689. The minimum Gasteiger partial charge on any atom is -0.496 e. The van der Waals surface area contributed by atoms with Crippen molar-refractivity contribution in [3.05, 3.63) is 59.7 Å². The first-order valence-electron chi connectivity index (χ1n) is 10.2. The van der Waals surface area contributed by atoms with Gasteiger partial charge in [0.05, 0.1) is 13.0 Å². The van der Waals surface area contributed by atoms with Gasteiger partial charge in [-0.1, -0.05) is 36.4 Å². The Balaban J connectivity index is 1.48. The van der Waals surface area contributed by atoms with Gasteiger partial charge in [-0.3, -0.25) is 14.5 Å². The van der Waals surface area contributed by atoms with Crippen molar-refractivity contribution in [2.75, 3.05) is 19.0 Å². The first-order chi connectivity index (χ1) is 14.2. The molecule has 0 radical (unpaired) electrons. The predicted molar refractivity (Wildman–Crippen MR) is 109 cm³/mol. The van der Waals surface area contributed by atoms with Crippen LogP contribution in [0.1, 0.15) is 30.4 Å². The average molecular weight is 391 g/mol. The van der Waals surface area contributed by atoms with Crippen LogP contribution in [0.4, 0.5) is 5.69 Å². The highest BCUT2D eigenvalue weighted by Crippen LogP contribution is 2.55. The Labute approximate surface area is 170 Å². The van der Waals surface area contributed by atoms with Gasteiger partial charge in [0.2, 0.25) is 11.8 Å². The van der Waals surface area contributed by atoms with Crippen LogP contribution in [0.25, 0.3) is 0 Å². The molecule has 2 saturated heterocycles. The van der Waals surface area contributed by atoms with Gasteiger partial charge in [0.1, 0.15) is 11.3 Å². The lowest BCUT2D eigenvalue weighted by molar-refractivity contribution is -0.137. The molecule has 2 N–H and O–H groups in total. The largest absolute Gasteiger partial charge is 0.496 e. The number of anilines is 1. The molecule has 6 heteroatoms. The zero-order chi connectivity index (χ0) is 20.0. The number of para-hydroxylation sites is 2. The summed E-state index contributed by atoms with van der Waals surface area (Å²) in [7, 11) is 1.63. The maximum Gasteiger partial charge on any atom is 0.250 e.